The van der Waals surface area contributed by atoms with Crippen LogP contribution in [0.1, 0.15) is 23.5 Å². The molecule has 1 aliphatic rings. The molecule has 17 heavy (non-hydrogen) atoms. The number of aromatic nitrogens is 1. The van der Waals surface area contributed by atoms with Crippen LogP contribution in [0.2, 0.25) is 0 Å². The van der Waals surface area contributed by atoms with E-state index in [9.17, 15) is 9.59 Å². The van der Waals surface area contributed by atoms with Crippen molar-refractivity contribution in [3.05, 3.63) is 16.1 Å². The molecule has 1 aromatic heterocycles. The Kier molecular flexibility index (Phi) is 3.54. The van der Waals surface area contributed by atoms with Gasteiger partial charge in [0.15, 0.2) is 0 Å². The van der Waals surface area contributed by atoms with Crippen LogP contribution < -0.4 is 5.73 Å². The number of hydrogen-bond acceptors (Lipinski definition) is 5. The lowest BCUT2D eigenvalue weighted by atomic mass is 10.3. The van der Waals surface area contributed by atoms with Crippen molar-refractivity contribution in [2.45, 2.75) is 32.2 Å². The lowest BCUT2D eigenvalue weighted by molar-refractivity contribution is -0.138. The topological polar surface area (TPSA) is 76.3 Å². The predicted octanol–water partition coefficient (Wildman–Crippen LogP) is 0.470. The highest BCUT2D eigenvalue weighted by Gasteiger charge is 2.35. The summed E-state index contributed by atoms with van der Waals surface area (Å²) in [5, 5.41) is 3.04. The minimum absolute atomic E-state index is 0.148. The number of hydrogen-bond donors (Lipinski definition) is 1. The Balaban J connectivity index is 1.83. The van der Waals surface area contributed by atoms with E-state index in [1.807, 2.05) is 12.3 Å². The molecule has 0 spiro atoms. The summed E-state index contributed by atoms with van der Waals surface area (Å²) in [5.41, 5.74) is 6.54. The van der Waals surface area contributed by atoms with Crippen LogP contribution in [0.3, 0.4) is 0 Å². The second-order valence-corrected chi connectivity index (χ2v) is 5.12. The Bertz CT molecular complexity index is 444. The van der Waals surface area contributed by atoms with Crippen LogP contribution in [-0.2, 0) is 16.0 Å². The van der Waals surface area contributed by atoms with E-state index in [1.54, 1.807) is 11.3 Å². The summed E-state index contributed by atoms with van der Waals surface area (Å²) in [6.45, 7) is 2.40. The van der Waals surface area contributed by atoms with Crippen LogP contribution in [0.5, 0.6) is 0 Å². The number of imide groups is 1. The Hall–Kier alpha value is -1.27. The van der Waals surface area contributed by atoms with Crippen LogP contribution in [-0.4, -0.2) is 34.3 Å². The first kappa shape index (κ1) is 12.2. The SMILES string of the molecule is Cc1csc(CCCN2C(=O)C[C@H](N)C2=O)n1. The highest BCUT2D eigenvalue weighted by atomic mass is 32.1. The normalized spacial score (nSPS) is 20.4. The molecule has 1 aliphatic heterocycles. The van der Waals surface area contributed by atoms with E-state index in [4.69, 9.17) is 5.73 Å². The van der Waals surface area contributed by atoms with Crippen LogP contribution >= 0.6 is 11.3 Å². The number of amides is 2. The van der Waals surface area contributed by atoms with E-state index in [0.717, 1.165) is 23.5 Å². The molecule has 2 amide bonds. The average Bonchev–Trinajstić information content (AvgIpc) is 2.78. The molecule has 0 aliphatic carbocycles. The molecule has 0 aromatic carbocycles. The predicted molar refractivity (Wildman–Crippen MR) is 64.5 cm³/mol. The van der Waals surface area contributed by atoms with Gasteiger partial charge in [-0.2, -0.15) is 0 Å². The Morgan fingerprint density at radius 3 is 2.88 bits per heavy atom. The quantitative estimate of drug-likeness (QED) is 0.791. The van der Waals surface area contributed by atoms with Crippen LogP contribution in [0.4, 0.5) is 0 Å². The van der Waals surface area contributed by atoms with Crippen LogP contribution in [0.25, 0.3) is 0 Å². The summed E-state index contributed by atoms with van der Waals surface area (Å²) in [5.74, 6) is -0.400. The highest BCUT2D eigenvalue weighted by molar-refractivity contribution is 7.09. The standard InChI is InChI=1S/C11H15N3O2S/c1-7-6-17-9(13-7)3-2-4-14-10(15)5-8(12)11(14)16/h6,8H,2-5,12H2,1H3/t8-/m0/s1. The molecule has 0 unspecified atom stereocenters. The first-order valence-electron chi connectivity index (χ1n) is 5.58. The fraction of sp³-hybridized carbons (Fsp3) is 0.545. The summed E-state index contributed by atoms with van der Waals surface area (Å²) < 4.78 is 0. The zero-order valence-electron chi connectivity index (χ0n) is 9.68. The molecule has 2 rings (SSSR count). The zero-order chi connectivity index (χ0) is 12.4. The molecule has 6 heteroatoms. The molecule has 2 heterocycles. The van der Waals surface area contributed by atoms with Crippen molar-refractivity contribution in [1.29, 1.82) is 0 Å². The molecule has 0 saturated carbocycles. The van der Waals surface area contributed by atoms with Crippen LogP contribution in [0, 0.1) is 6.92 Å². The Morgan fingerprint density at radius 1 is 1.59 bits per heavy atom. The smallest absolute Gasteiger partial charge is 0.246 e. The Morgan fingerprint density at radius 2 is 2.35 bits per heavy atom. The maximum absolute atomic E-state index is 11.5. The fourth-order valence-electron chi connectivity index (χ4n) is 1.85. The van der Waals surface area contributed by atoms with E-state index in [-0.39, 0.29) is 18.2 Å². The summed E-state index contributed by atoms with van der Waals surface area (Å²) in [6, 6.07) is -0.635. The maximum Gasteiger partial charge on any atom is 0.246 e. The van der Waals surface area contributed by atoms with Crippen molar-refractivity contribution in [3.8, 4) is 0 Å². The van der Waals surface area contributed by atoms with E-state index >= 15 is 0 Å². The van der Waals surface area contributed by atoms with Crippen molar-refractivity contribution < 1.29 is 9.59 Å². The highest BCUT2D eigenvalue weighted by Crippen LogP contribution is 2.14. The summed E-state index contributed by atoms with van der Waals surface area (Å²) in [7, 11) is 0. The zero-order valence-corrected chi connectivity index (χ0v) is 10.5. The molecular weight excluding hydrogens is 238 g/mol. The van der Waals surface area contributed by atoms with Gasteiger partial charge in [0.2, 0.25) is 11.8 Å². The Labute approximate surface area is 104 Å². The van der Waals surface area contributed by atoms with Gasteiger partial charge in [-0.05, 0) is 13.3 Å². The number of thiazole rings is 1. The second-order valence-electron chi connectivity index (χ2n) is 4.18. The lowest BCUT2D eigenvalue weighted by Crippen LogP contribution is -2.36. The minimum Gasteiger partial charge on any atom is -0.319 e. The van der Waals surface area contributed by atoms with E-state index in [1.165, 1.54) is 4.90 Å². The van der Waals surface area contributed by atoms with Gasteiger partial charge in [0.25, 0.3) is 0 Å². The molecule has 0 bridgehead atoms. The molecule has 5 nitrogen and oxygen atoms in total. The van der Waals surface area contributed by atoms with E-state index < -0.39 is 6.04 Å². The van der Waals surface area contributed by atoms with E-state index in [2.05, 4.69) is 4.98 Å². The van der Waals surface area contributed by atoms with Gasteiger partial charge in [0.05, 0.1) is 17.5 Å². The van der Waals surface area contributed by atoms with Crippen molar-refractivity contribution >= 4 is 23.2 Å². The molecule has 2 N–H and O–H groups in total. The second kappa shape index (κ2) is 4.93. The van der Waals surface area contributed by atoms with Gasteiger partial charge >= 0.3 is 0 Å². The maximum atomic E-state index is 11.5. The number of carbonyl (C=O) groups is 2. The van der Waals surface area contributed by atoms with Crippen molar-refractivity contribution in [3.63, 3.8) is 0 Å². The van der Waals surface area contributed by atoms with Gasteiger partial charge in [0.1, 0.15) is 0 Å². The first-order valence-corrected chi connectivity index (χ1v) is 6.46. The molecule has 1 aromatic rings. The van der Waals surface area contributed by atoms with Crippen molar-refractivity contribution in [1.82, 2.24) is 9.88 Å². The van der Waals surface area contributed by atoms with Crippen molar-refractivity contribution in [2.75, 3.05) is 6.54 Å². The average molecular weight is 253 g/mol. The molecule has 92 valence electrons. The lowest BCUT2D eigenvalue weighted by Gasteiger charge is -2.13. The number of carbonyl (C=O) groups excluding carboxylic acids is 2. The van der Waals surface area contributed by atoms with Crippen LogP contribution in [0.15, 0.2) is 5.38 Å². The molecule has 0 radical (unpaired) electrons. The van der Waals surface area contributed by atoms with Crippen molar-refractivity contribution in [2.24, 2.45) is 5.73 Å². The fourth-order valence-corrected chi connectivity index (χ4v) is 2.67. The summed E-state index contributed by atoms with van der Waals surface area (Å²) in [6.07, 6.45) is 1.69. The van der Waals surface area contributed by atoms with Gasteiger partial charge in [-0.1, -0.05) is 0 Å². The number of likely N-dealkylation sites (tertiary alicyclic amines) is 1. The molecule has 1 atom stereocenters. The third-order valence-electron chi connectivity index (χ3n) is 2.72. The number of nitrogens with zero attached hydrogens (tertiary/aromatic N) is 2. The molecule has 1 saturated heterocycles. The third kappa shape index (κ3) is 2.70. The van der Waals surface area contributed by atoms with E-state index in [0.29, 0.717) is 6.54 Å². The first-order chi connectivity index (χ1) is 8.08. The summed E-state index contributed by atoms with van der Waals surface area (Å²) >= 11 is 1.61. The summed E-state index contributed by atoms with van der Waals surface area (Å²) in [4.78, 5) is 28.6. The number of rotatable bonds is 4. The van der Waals surface area contributed by atoms with Gasteiger partial charge < -0.3 is 5.73 Å². The largest absolute Gasteiger partial charge is 0.319 e. The van der Waals surface area contributed by atoms with Gasteiger partial charge in [0, 0.05) is 24.0 Å². The monoisotopic (exact) mass is 253 g/mol. The molecular formula is C11H15N3O2S. The number of nitrogens with two attached hydrogens (primary N) is 1. The molecule has 1 fully saturated rings. The third-order valence-corrected chi connectivity index (χ3v) is 3.74. The minimum atomic E-state index is -0.635. The van der Waals surface area contributed by atoms with Gasteiger partial charge in [-0.25, -0.2) is 4.98 Å². The van der Waals surface area contributed by atoms with Gasteiger partial charge in [-0.3, -0.25) is 14.5 Å². The number of aryl methyl sites for hydroxylation is 2. The van der Waals surface area contributed by atoms with Gasteiger partial charge in [-0.15, -0.1) is 11.3 Å².